The van der Waals surface area contributed by atoms with Crippen molar-refractivity contribution in [2.24, 2.45) is 0 Å². The largest absolute Gasteiger partial charge is 0.436 e. The Kier molecular flexibility index (Phi) is 4.52. The molecule has 0 saturated heterocycles. The molecule has 0 aliphatic heterocycles. The van der Waals surface area contributed by atoms with Crippen LogP contribution in [0.5, 0.6) is 11.6 Å². The lowest BCUT2D eigenvalue weighted by Crippen LogP contribution is -2.03. The third-order valence-electron chi connectivity index (χ3n) is 2.53. The Morgan fingerprint density at radius 2 is 2.15 bits per heavy atom. The van der Waals surface area contributed by atoms with Crippen LogP contribution < -0.4 is 10.5 Å². The molecule has 0 aromatic carbocycles. The highest BCUT2D eigenvalue weighted by atomic mass is 16.5. The molecule has 0 saturated carbocycles. The molecule has 0 radical (unpaired) electrons. The summed E-state index contributed by atoms with van der Waals surface area (Å²) in [5.74, 6) is 1.84. The monoisotopic (exact) mass is 277 g/mol. The molecule has 108 valence electrons. The Balaban J connectivity index is 2.13. The fourth-order valence-corrected chi connectivity index (χ4v) is 1.58. The Labute approximate surface area is 117 Å². The van der Waals surface area contributed by atoms with Crippen LogP contribution >= 0.6 is 0 Å². The predicted octanol–water partition coefficient (Wildman–Crippen LogP) is 2.17. The minimum Gasteiger partial charge on any atom is -0.436 e. The predicted molar refractivity (Wildman–Crippen MR) is 74.5 cm³/mol. The van der Waals surface area contributed by atoms with Gasteiger partial charge in [-0.1, -0.05) is 0 Å². The average Bonchev–Trinajstić information content (AvgIpc) is 2.84. The van der Waals surface area contributed by atoms with E-state index in [0.717, 1.165) is 0 Å². The molecule has 2 aromatic rings. The molecule has 2 rings (SSSR count). The number of anilines is 1. The SMILES string of the molecule is CCOCc1nc(N)cc(Oc2cnn(C(C)C)c2)n1. The van der Waals surface area contributed by atoms with Crippen molar-refractivity contribution < 1.29 is 9.47 Å². The van der Waals surface area contributed by atoms with Gasteiger partial charge in [0, 0.05) is 18.7 Å². The summed E-state index contributed by atoms with van der Waals surface area (Å²) in [6, 6.07) is 1.85. The Morgan fingerprint density at radius 1 is 1.35 bits per heavy atom. The molecule has 20 heavy (non-hydrogen) atoms. The number of nitrogens with two attached hydrogens (primary N) is 1. The molecule has 0 unspecified atom stereocenters. The van der Waals surface area contributed by atoms with Gasteiger partial charge in [0.1, 0.15) is 12.4 Å². The van der Waals surface area contributed by atoms with Crippen LogP contribution in [-0.4, -0.2) is 26.4 Å². The maximum Gasteiger partial charge on any atom is 0.224 e. The second kappa shape index (κ2) is 6.33. The number of aromatic nitrogens is 4. The van der Waals surface area contributed by atoms with Crippen molar-refractivity contribution in [3.05, 3.63) is 24.3 Å². The molecule has 0 amide bonds. The molecular weight excluding hydrogens is 258 g/mol. The summed E-state index contributed by atoms with van der Waals surface area (Å²) >= 11 is 0. The van der Waals surface area contributed by atoms with E-state index in [1.54, 1.807) is 16.9 Å². The topological polar surface area (TPSA) is 88.1 Å². The van der Waals surface area contributed by atoms with Gasteiger partial charge < -0.3 is 15.2 Å². The molecule has 0 aliphatic rings. The lowest BCUT2D eigenvalue weighted by atomic mass is 10.4. The van der Waals surface area contributed by atoms with E-state index < -0.39 is 0 Å². The van der Waals surface area contributed by atoms with Crippen LogP contribution in [0.3, 0.4) is 0 Å². The summed E-state index contributed by atoms with van der Waals surface area (Å²) in [7, 11) is 0. The number of rotatable bonds is 6. The van der Waals surface area contributed by atoms with Crippen LogP contribution in [0.4, 0.5) is 5.82 Å². The molecule has 2 heterocycles. The number of ether oxygens (including phenoxy) is 2. The maximum atomic E-state index is 5.73. The van der Waals surface area contributed by atoms with Gasteiger partial charge in [0.15, 0.2) is 11.6 Å². The third-order valence-corrected chi connectivity index (χ3v) is 2.53. The molecule has 7 nitrogen and oxygen atoms in total. The standard InChI is InChI=1S/C13H19N5O2/c1-4-19-8-12-16-11(14)5-13(17-12)20-10-6-15-18(7-10)9(2)3/h5-7,9H,4,8H2,1-3H3,(H2,14,16,17). The van der Waals surface area contributed by atoms with Crippen molar-refractivity contribution in [2.75, 3.05) is 12.3 Å². The lowest BCUT2D eigenvalue weighted by molar-refractivity contribution is 0.128. The molecule has 0 atom stereocenters. The molecule has 0 spiro atoms. The zero-order chi connectivity index (χ0) is 14.5. The second-order valence-corrected chi connectivity index (χ2v) is 4.54. The van der Waals surface area contributed by atoms with E-state index in [0.29, 0.717) is 36.5 Å². The van der Waals surface area contributed by atoms with Gasteiger partial charge in [0.25, 0.3) is 0 Å². The zero-order valence-electron chi connectivity index (χ0n) is 11.9. The maximum absolute atomic E-state index is 5.73. The Bertz CT molecular complexity index is 568. The molecule has 7 heteroatoms. The number of nitrogens with zero attached hydrogens (tertiary/aromatic N) is 4. The van der Waals surface area contributed by atoms with Gasteiger partial charge >= 0.3 is 0 Å². The first kappa shape index (κ1) is 14.3. The number of hydrogen-bond acceptors (Lipinski definition) is 6. The van der Waals surface area contributed by atoms with E-state index in [-0.39, 0.29) is 6.04 Å². The molecule has 0 bridgehead atoms. The van der Waals surface area contributed by atoms with Crippen LogP contribution in [0.25, 0.3) is 0 Å². The molecule has 0 aliphatic carbocycles. The second-order valence-electron chi connectivity index (χ2n) is 4.54. The fraction of sp³-hybridized carbons (Fsp3) is 0.462. The van der Waals surface area contributed by atoms with Crippen LogP contribution in [-0.2, 0) is 11.3 Å². The summed E-state index contributed by atoms with van der Waals surface area (Å²) in [5.41, 5.74) is 5.73. The van der Waals surface area contributed by atoms with E-state index in [9.17, 15) is 0 Å². The van der Waals surface area contributed by atoms with Crippen molar-refractivity contribution in [1.29, 1.82) is 0 Å². The van der Waals surface area contributed by atoms with Crippen molar-refractivity contribution in [3.8, 4) is 11.6 Å². The van der Waals surface area contributed by atoms with Crippen molar-refractivity contribution in [3.63, 3.8) is 0 Å². The minimum atomic E-state index is 0.274. The van der Waals surface area contributed by atoms with Crippen molar-refractivity contribution in [1.82, 2.24) is 19.7 Å². The highest BCUT2D eigenvalue weighted by Gasteiger charge is 2.08. The van der Waals surface area contributed by atoms with E-state index in [4.69, 9.17) is 15.2 Å². The Morgan fingerprint density at radius 3 is 2.80 bits per heavy atom. The van der Waals surface area contributed by atoms with Crippen LogP contribution in [0.2, 0.25) is 0 Å². The van der Waals surface area contributed by atoms with Gasteiger partial charge in [-0.15, -0.1) is 0 Å². The normalized spacial score (nSPS) is 11.0. The van der Waals surface area contributed by atoms with Gasteiger partial charge in [-0.2, -0.15) is 10.1 Å². The first-order chi connectivity index (χ1) is 9.58. The summed E-state index contributed by atoms with van der Waals surface area (Å²) in [5, 5.41) is 4.20. The van der Waals surface area contributed by atoms with Gasteiger partial charge in [-0.3, -0.25) is 4.68 Å². The summed E-state index contributed by atoms with van der Waals surface area (Å²) in [6.45, 7) is 6.89. The quantitative estimate of drug-likeness (QED) is 0.870. The van der Waals surface area contributed by atoms with E-state index >= 15 is 0 Å². The number of nitrogen functional groups attached to an aromatic ring is 1. The van der Waals surface area contributed by atoms with Gasteiger partial charge in [0.05, 0.1) is 12.4 Å². The molecule has 2 N–H and O–H groups in total. The third kappa shape index (κ3) is 3.67. The Hall–Kier alpha value is -2.15. The smallest absolute Gasteiger partial charge is 0.224 e. The molecule has 0 fully saturated rings. The minimum absolute atomic E-state index is 0.274. The first-order valence-electron chi connectivity index (χ1n) is 6.51. The molecule has 2 aromatic heterocycles. The average molecular weight is 277 g/mol. The van der Waals surface area contributed by atoms with Gasteiger partial charge in [0.2, 0.25) is 5.88 Å². The van der Waals surface area contributed by atoms with Crippen molar-refractivity contribution in [2.45, 2.75) is 33.4 Å². The summed E-state index contributed by atoms with van der Waals surface area (Å²) < 4.78 is 12.7. The highest BCUT2D eigenvalue weighted by Crippen LogP contribution is 2.21. The van der Waals surface area contributed by atoms with Crippen LogP contribution in [0.15, 0.2) is 18.5 Å². The van der Waals surface area contributed by atoms with E-state index in [1.165, 1.54) is 0 Å². The van der Waals surface area contributed by atoms with E-state index in [1.807, 2.05) is 27.0 Å². The zero-order valence-corrected chi connectivity index (χ0v) is 11.9. The van der Waals surface area contributed by atoms with Gasteiger partial charge in [-0.05, 0) is 20.8 Å². The number of hydrogen-bond donors (Lipinski definition) is 1. The lowest BCUT2D eigenvalue weighted by Gasteiger charge is -2.06. The van der Waals surface area contributed by atoms with Crippen molar-refractivity contribution >= 4 is 5.82 Å². The highest BCUT2D eigenvalue weighted by molar-refractivity contribution is 5.34. The summed E-state index contributed by atoms with van der Waals surface area (Å²) in [6.07, 6.45) is 3.45. The van der Waals surface area contributed by atoms with Crippen LogP contribution in [0.1, 0.15) is 32.6 Å². The fourth-order valence-electron chi connectivity index (χ4n) is 1.58. The first-order valence-corrected chi connectivity index (χ1v) is 6.51. The molecular formula is C13H19N5O2. The van der Waals surface area contributed by atoms with E-state index in [2.05, 4.69) is 15.1 Å². The van der Waals surface area contributed by atoms with Crippen LogP contribution in [0, 0.1) is 0 Å². The van der Waals surface area contributed by atoms with Gasteiger partial charge in [-0.25, -0.2) is 4.98 Å². The summed E-state index contributed by atoms with van der Waals surface area (Å²) in [4.78, 5) is 8.33.